The molecule has 0 radical (unpaired) electrons. The van der Waals surface area contributed by atoms with Gasteiger partial charge in [-0.25, -0.2) is 14.8 Å². The molecule has 2 aromatic rings. The SMILES string of the molecule is O=C(Nc1cc(N2CCCC2)ncn1)c1cc(=O)[nH]c(=O)[nH]1. The van der Waals surface area contributed by atoms with Crippen LogP contribution in [0, 0.1) is 0 Å². The number of hydrogen-bond donors (Lipinski definition) is 3. The number of carbonyl (C=O) groups excluding carboxylic acids is 1. The zero-order valence-corrected chi connectivity index (χ0v) is 11.6. The van der Waals surface area contributed by atoms with Crippen LogP contribution in [0.1, 0.15) is 23.3 Å². The molecule has 0 atom stereocenters. The van der Waals surface area contributed by atoms with Crippen molar-refractivity contribution in [3.05, 3.63) is 45.0 Å². The van der Waals surface area contributed by atoms with Crippen LogP contribution in [-0.2, 0) is 0 Å². The highest BCUT2D eigenvalue weighted by Crippen LogP contribution is 2.19. The molecule has 0 aromatic carbocycles. The second-order valence-corrected chi connectivity index (χ2v) is 4.91. The van der Waals surface area contributed by atoms with Crippen LogP contribution in [0.15, 0.2) is 28.0 Å². The molecule has 114 valence electrons. The monoisotopic (exact) mass is 302 g/mol. The lowest BCUT2D eigenvalue weighted by Gasteiger charge is -2.16. The summed E-state index contributed by atoms with van der Waals surface area (Å²) in [5, 5.41) is 2.54. The molecule has 1 aliphatic rings. The Morgan fingerprint density at radius 2 is 1.91 bits per heavy atom. The molecule has 3 heterocycles. The van der Waals surface area contributed by atoms with Crippen LogP contribution in [-0.4, -0.2) is 38.9 Å². The Labute approximate surface area is 124 Å². The number of aromatic nitrogens is 4. The van der Waals surface area contributed by atoms with Gasteiger partial charge < -0.3 is 15.2 Å². The van der Waals surface area contributed by atoms with Crippen LogP contribution in [0.25, 0.3) is 0 Å². The highest BCUT2D eigenvalue weighted by Gasteiger charge is 2.15. The molecule has 2 aromatic heterocycles. The van der Waals surface area contributed by atoms with Crippen LogP contribution < -0.4 is 21.5 Å². The molecule has 9 nitrogen and oxygen atoms in total. The predicted molar refractivity (Wildman–Crippen MR) is 79.1 cm³/mol. The Morgan fingerprint density at radius 3 is 2.64 bits per heavy atom. The van der Waals surface area contributed by atoms with Gasteiger partial charge >= 0.3 is 5.69 Å². The first kappa shape index (κ1) is 14.0. The number of rotatable bonds is 3. The van der Waals surface area contributed by atoms with E-state index in [-0.39, 0.29) is 5.69 Å². The van der Waals surface area contributed by atoms with Gasteiger partial charge in [-0.15, -0.1) is 0 Å². The van der Waals surface area contributed by atoms with Crippen molar-refractivity contribution in [2.45, 2.75) is 12.8 Å². The summed E-state index contributed by atoms with van der Waals surface area (Å²) >= 11 is 0. The van der Waals surface area contributed by atoms with Gasteiger partial charge in [-0.2, -0.15) is 0 Å². The molecule has 3 N–H and O–H groups in total. The fraction of sp³-hybridized carbons (Fsp3) is 0.308. The van der Waals surface area contributed by atoms with E-state index in [1.165, 1.54) is 6.33 Å². The van der Waals surface area contributed by atoms with E-state index in [9.17, 15) is 14.4 Å². The van der Waals surface area contributed by atoms with Crippen molar-refractivity contribution >= 4 is 17.5 Å². The third kappa shape index (κ3) is 3.03. The maximum Gasteiger partial charge on any atom is 0.326 e. The molecular weight excluding hydrogens is 288 g/mol. The molecule has 0 spiro atoms. The van der Waals surface area contributed by atoms with Gasteiger partial charge in [-0.05, 0) is 12.8 Å². The minimum Gasteiger partial charge on any atom is -0.356 e. The maximum absolute atomic E-state index is 12.0. The average molecular weight is 302 g/mol. The summed E-state index contributed by atoms with van der Waals surface area (Å²) < 4.78 is 0. The number of nitrogens with zero attached hydrogens (tertiary/aromatic N) is 3. The Morgan fingerprint density at radius 1 is 1.14 bits per heavy atom. The summed E-state index contributed by atoms with van der Waals surface area (Å²) in [6.45, 7) is 1.84. The third-order valence-corrected chi connectivity index (χ3v) is 3.33. The summed E-state index contributed by atoms with van der Waals surface area (Å²) in [7, 11) is 0. The quantitative estimate of drug-likeness (QED) is 0.715. The fourth-order valence-electron chi connectivity index (χ4n) is 2.31. The van der Waals surface area contributed by atoms with E-state index in [0.29, 0.717) is 5.82 Å². The number of H-pyrrole nitrogens is 2. The van der Waals surface area contributed by atoms with E-state index in [1.54, 1.807) is 6.07 Å². The van der Waals surface area contributed by atoms with Crippen molar-refractivity contribution < 1.29 is 4.79 Å². The van der Waals surface area contributed by atoms with Crippen molar-refractivity contribution in [2.75, 3.05) is 23.3 Å². The number of anilines is 2. The van der Waals surface area contributed by atoms with Crippen LogP contribution in [0.4, 0.5) is 11.6 Å². The topological polar surface area (TPSA) is 124 Å². The van der Waals surface area contributed by atoms with Crippen LogP contribution >= 0.6 is 0 Å². The molecule has 9 heteroatoms. The number of carbonyl (C=O) groups is 1. The molecule has 1 aliphatic heterocycles. The summed E-state index contributed by atoms with van der Waals surface area (Å²) in [4.78, 5) is 48.9. The lowest BCUT2D eigenvalue weighted by atomic mass is 10.3. The summed E-state index contributed by atoms with van der Waals surface area (Å²) in [6.07, 6.45) is 3.59. The zero-order valence-electron chi connectivity index (χ0n) is 11.6. The Kier molecular flexibility index (Phi) is 3.69. The van der Waals surface area contributed by atoms with Gasteiger partial charge in [0, 0.05) is 25.2 Å². The number of aromatic amines is 2. The Balaban J connectivity index is 1.80. The van der Waals surface area contributed by atoms with Gasteiger partial charge in [0.1, 0.15) is 23.7 Å². The van der Waals surface area contributed by atoms with Gasteiger partial charge in [0.05, 0.1) is 0 Å². The minimum absolute atomic E-state index is 0.130. The molecular formula is C13H14N6O3. The Hall–Kier alpha value is -2.97. The van der Waals surface area contributed by atoms with E-state index in [4.69, 9.17) is 0 Å². The van der Waals surface area contributed by atoms with E-state index < -0.39 is 17.2 Å². The van der Waals surface area contributed by atoms with Gasteiger partial charge in [-0.3, -0.25) is 14.6 Å². The number of nitrogens with one attached hydrogen (secondary N) is 3. The molecule has 0 aliphatic carbocycles. The molecule has 0 saturated carbocycles. The Bertz CT molecular complexity index is 777. The van der Waals surface area contributed by atoms with Crippen LogP contribution in [0.2, 0.25) is 0 Å². The lowest BCUT2D eigenvalue weighted by molar-refractivity contribution is 0.102. The van der Waals surface area contributed by atoms with Gasteiger partial charge in [0.15, 0.2) is 0 Å². The summed E-state index contributed by atoms with van der Waals surface area (Å²) in [6, 6.07) is 2.67. The lowest BCUT2D eigenvalue weighted by Crippen LogP contribution is -2.27. The summed E-state index contributed by atoms with van der Waals surface area (Å²) in [5.41, 5.74) is -1.51. The van der Waals surface area contributed by atoms with Crippen molar-refractivity contribution in [1.29, 1.82) is 0 Å². The number of amides is 1. The van der Waals surface area contributed by atoms with Crippen molar-refractivity contribution in [1.82, 2.24) is 19.9 Å². The standard InChI is InChI=1S/C13H14N6O3/c20-11-5-8(16-13(22)18-11)12(21)17-9-6-10(15-7-14-9)19-3-1-2-4-19/h5-7H,1-4H2,(H,14,15,17,21)(H2,16,18,20,22). The highest BCUT2D eigenvalue weighted by atomic mass is 16.2. The normalized spacial score (nSPS) is 14.1. The molecule has 1 saturated heterocycles. The first-order valence-corrected chi connectivity index (χ1v) is 6.84. The van der Waals surface area contributed by atoms with Crippen LogP contribution in [0.5, 0.6) is 0 Å². The summed E-state index contributed by atoms with van der Waals surface area (Å²) in [5.74, 6) is 0.430. The molecule has 3 rings (SSSR count). The molecule has 1 amide bonds. The maximum atomic E-state index is 12.0. The molecule has 22 heavy (non-hydrogen) atoms. The predicted octanol–water partition coefficient (Wildman–Crippen LogP) is -0.294. The number of hydrogen-bond acceptors (Lipinski definition) is 6. The second kappa shape index (κ2) is 5.80. The van der Waals surface area contributed by atoms with E-state index in [1.807, 2.05) is 4.98 Å². The van der Waals surface area contributed by atoms with Gasteiger partial charge in [0.2, 0.25) is 0 Å². The zero-order chi connectivity index (χ0) is 15.5. The molecule has 0 bridgehead atoms. The largest absolute Gasteiger partial charge is 0.356 e. The fourth-order valence-corrected chi connectivity index (χ4v) is 2.31. The first-order chi connectivity index (χ1) is 10.6. The smallest absolute Gasteiger partial charge is 0.326 e. The molecule has 0 unspecified atom stereocenters. The highest BCUT2D eigenvalue weighted by molar-refractivity contribution is 6.02. The minimum atomic E-state index is -0.738. The molecule has 1 fully saturated rings. The van der Waals surface area contributed by atoms with Crippen LogP contribution in [0.3, 0.4) is 0 Å². The second-order valence-electron chi connectivity index (χ2n) is 4.91. The van der Waals surface area contributed by atoms with E-state index >= 15 is 0 Å². The van der Waals surface area contributed by atoms with E-state index in [2.05, 4.69) is 25.2 Å². The third-order valence-electron chi connectivity index (χ3n) is 3.33. The van der Waals surface area contributed by atoms with E-state index in [0.717, 1.165) is 37.8 Å². The van der Waals surface area contributed by atoms with Crippen molar-refractivity contribution in [2.24, 2.45) is 0 Å². The average Bonchev–Trinajstić information content (AvgIpc) is 3.00. The van der Waals surface area contributed by atoms with Gasteiger partial charge in [0.25, 0.3) is 11.5 Å². The first-order valence-electron chi connectivity index (χ1n) is 6.84. The van der Waals surface area contributed by atoms with Gasteiger partial charge in [-0.1, -0.05) is 0 Å². The van der Waals surface area contributed by atoms with Crippen molar-refractivity contribution in [3.63, 3.8) is 0 Å². The van der Waals surface area contributed by atoms with Crippen molar-refractivity contribution in [3.8, 4) is 0 Å².